The molecular weight excluding hydrogens is 212 g/mol. The van der Waals surface area contributed by atoms with E-state index >= 15 is 0 Å². The molecule has 0 aliphatic carbocycles. The highest BCUT2D eigenvalue weighted by Crippen LogP contribution is 1.91. The van der Waals surface area contributed by atoms with Gasteiger partial charge in [-0.25, -0.2) is 0 Å². The molecule has 4 N–H and O–H groups in total. The molecule has 104 valence electrons. The molecule has 0 aromatic rings. The summed E-state index contributed by atoms with van der Waals surface area (Å²) in [5.41, 5.74) is 5.91. The van der Waals surface area contributed by atoms with Crippen molar-refractivity contribution in [3.8, 4) is 0 Å². The molecule has 0 radical (unpaired) electrons. The molecule has 0 aromatic carbocycles. The highest BCUT2D eigenvalue weighted by Gasteiger charge is 1.99. The number of hydrogen-bond acceptors (Lipinski definition) is 4. The van der Waals surface area contributed by atoms with E-state index in [-0.39, 0.29) is 6.17 Å². The second kappa shape index (κ2) is 12.3. The van der Waals surface area contributed by atoms with Crippen LogP contribution in [0.2, 0.25) is 0 Å². The minimum atomic E-state index is 0.169. The van der Waals surface area contributed by atoms with E-state index in [0.29, 0.717) is 0 Å². The summed E-state index contributed by atoms with van der Waals surface area (Å²) in [5.74, 6) is 0. The van der Waals surface area contributed by atoms with Crippen molar-refractivity contribution in [1.82, 2.24) is 15.5 Å². The van der Waals surface area contributed by atoms with Crippen molar-refractivity contribution in [3.05, 3.63) is 0 Å². The lowest BCUT2D eigenvalue weighted by Gasteiger charge is -2.14. The van der Waals surface area contributed by atoms with Crippen LogP contribution in [0.25, 0.3) is 0 Å². The SMILES string of the molecule is CCCNC(N)CCCNCCCN(C)CC. The molecule has 0 bridgehead atoms. The third-order valence-electron chi connectivity index (χ3n) is 2.96. The van der Waals surface area contributed by atoms with E-state index in [2.05, 4.69) is 36.4 Å². The van der Waals surface area contributed by atoms with Gasteiger partial charge in [-0.2, -0.15) is 0 Å². The Bertz CT molecular complexity index is 152. The molecule has 0 spiro atoms. The van der Waals surface area contributed by atoms with E-state index < -0.39 is 0 Å². The van der Waals surface area contributed by atoms with E-state index in [4.69, 9.17) is 5.73 Å². The summed E-state index contributed by atoms with van der Waals surface area (Å²) in [7, 11) is 2.17. The van der Waals surface area contributed by atoms with Crippen LogP contribution in [0.5, 0.6) is 0 Å². The number of nitrogens with two attached hydrogens (primary N) is 1. The standard InChI is InChI=1S/C13H32N4/c1-4-9-16-13(14)8-6-10-15-11-7-12-17(3)5-2/h13,15-16H,4-12,14H2,1-3H3. The third-order valence-corrected chi connectivity index (χ3v) is 2.96. The maximum Gasteiger partial charge on any atom is 0.0546 e. The Kier molecular flexibility index (Phi) is 12.2. The summed E-state index contributed by atoms with van der Waals surface area (Å²) < 4.78 is 0. The molecule has 0 saturated heterocycles. The van der Waals surface area contributed by atoms with Gasteiger partial charge in [-0.1, -0.05) is 13.8 Å². The van der Waals surface area contributed by atoms with Crippen LogP contribution in [-0.4, -0.2) is 50.8 Å². The minimum Gasteiger partial charge on any atom is -0.317 e. The zero-order valence-corrected chi connectivity index (χ0v) is 12.0. The van der Waals surface area contributed by atoms with Crippen molar-refractivity contribution >= 4 is 0 Å². The van der Waals surface area contributed by atoms with Gasteiger partial charge >= 0.3 is 0 Å². The molecular formula is C13H32N4. The fourth-order valence-electron chi connectivity index (χ4n) is 1.64. The maximum atomic E-state index is 5.91. The molecule has 4 nitrogen and oxygen atoms in total. The maximum absolute atomic E-state index is 5.91. The first-order valence-corrected chi connectivity index (χ1v) is 7.08. The molecule has 1 atom stereocenters. The first-order valence-electron chi connectivity index (χ1n) is 7.08. The van der Waals surface area contributed by atoms with Crippen LogP contribution < -0.4 is 16.4 Å². The van der Waals surface area contributed by atoms with Gasteiger partial charge in [-0.3, -0.25) is 0 Å². The lowest BCUT2D eigenvalue weighted by molar-refractivity contribution is 0.343. The van der Waals surface area contributed by atoms with Crippen molar-refractivity contribution < 1.29 is 0 Å². The zero-order valence-electron chi connectivity index (χ0n) is 12.0. The lowest BCUT2D eigenvalue weighted by Crippen LogP contribution is -2.38. The number of hydrogen-bond donors (Lipinski definition) is 3. The molecule has 0 rings (SSSR count). The largest absolute Gasteiger partial charge is 0.317 e. The van der Waals surface area contributed by atoms with Crippen LogP contribution in [0.15, 0.2) is 0 Å². The molecule has 17 heavy (non-hydrogen) atoms. The van der Waals surface area contributed by atoms with Crippen LogP contribution >= 0.6 is 0 Å². The van der Waals surface area contributed by atoms with Gasteiger partial charge in [0.2, 0.25) is 0 Å². The summed E-state index contributed by atoms with van der Waals surface area (Å²) in [6, 6.07) is 0. The smallest absolute Gasteiger partial charge is 0.0546 e. The van der Waals surface area contributed by atoms with Crippen molar-refractivity contribution in [2.24, 2.45) is 5.73 Å². The van der Waals surface area contributed by atoms with Crippen molar-refractivity contribution in [3.63, 3.8) is 0 Å². The summed E-state index contributed by atoms with van der Waals surface area (Å²) in [6.07, 6.45) is 4.76. The molecule has 0 heterocycles. The van der Waals surface area contributed by atoms with Crippen molar-refractivity contribution in [2.75, 3.05) is 39.8 Å². The molecule has 0 aliphatic rings. The molecule has 0 aromatic heterocycles. The molecule has 0 fully saturated rings. The summed E-state index contributed by atoms with van der Waals surface area (Å²) in [5, 5.41) is 6.77. The molecule has 4 heteroatoms. The van der Waals surface area contributed by atoms with Crippen molar-refractivity contribution in [1.29, 1.82) is 0 Å². The highest BCUT2D eigenvalue weighted by molar-refractivity contribution is 4.60. The van der Waals surface area contributed by atoms with Crippen LogP contribution in [0, 0.1) is 0 Å². The average Bonchev–Trinajstić information content (AvgIpc) is 2.34. The minimum absolute atomic E-state index is 0.169. The first-order chi connectivity index (χ1) is 8.20. The predicted octanol–water partition coefficient (Wildman–Crippen LogP) is 0.982. The number of rotatable bonds is 12. The summed E-state index contributed by atoms with van der Waals surface area (Å²) in [4.78, 5) is 2.34. The van der Waals surface area contributed by atoms with Crippen molar-refractivity contribution in [2.45, 2.75) is 45.7 Å². The Balaban J connectivity index is 3.12. The van der Waals surface area contributed by atoms with Gasteiger partial charge in [-0.15, -0.1) is 0 Å². The second-order valence-electron chi connectivity index (χ2n) is 4.70. The van der Waals surface area contributed by atoms with Gasteiger partial charge in [-0.05, 0) is 65.5 Å². The lowest BCUT2D eigenvalue weighted by atomic mass is 10.2. The van der Waals surface area contributed by atoms with Gasteiger partial charge in [0.05, 0.1) is 6.17 Å². The van der Waals surface area contributed by atoms with Crippen LogP contribution in [0.4, 0.5) is 0 Å². The Labute approximate surface area is 107 Å². The van der Waals surface area contributed by atoms with Gasteiger partial charge in [0, 0.05) is 0 Å². The van der Waals surface area contributed by atoms with Crippen LogP contribution in [0.3, 0.4) is 0 Å². The summed E-state index contributed by atoms with van der Waals surface area (Å²) >= 11 is 0. The topological polar surface area (TPSA) is 53.3 Å². The van der Waals surface area contributed by atoms with Crippen LogP contribution in [-0.2, 0) is 0 Å². The van der Waals surface area contributed by atoms with E-state index in [1.54, 1.807) is 0 Å². The van der Waals surface area contributed by atoms with E-state index in [1.807, 2.05) is 0 Å². The number of nitrogens with zero attached hydrogens (tertiary/aromatic N) is 1. The Hall–Kier alpha value is -0.160. The fraction of sp³-hybridized carbons (Fsp3) is 1.00. The fourth-order valence-corrected chi connectivity index (χ4v) is 1.64. The summed E-state index contributed by atoms with van der Waals surface area (Å²) in [6.45, 7) is 9.89. The van der Waals surface area contributed by atoms with E-state index in [9.17, 15) is 0 Å². The van der Waals surface area contributed by atoms with Gasteiger partial charge in [0.25, 0.3) is 0 Å². The van der Waals surface area contributed by atoms with Gasteiger partial charge in [0.15, 0.2) is 0 Å². The second-order valence-corrected chi connectivity index (χ2v) is 4.70. The first kappa shape index (κ1) is 16.8. The monoisotopic (exact) mass is 244 g/mol. The zero-order chi connectivity index (χ0) is 12.9. The Morgan fingerprint density at radius 3 is 2.47 bits per heavy atom. The van der Waals surface area contributed by atoms with Gasteiger partial charge < -0.3 is 21.3 Å². The third kappa shape index (κ3) is 12.1. The average molecular weight is 244 g/mol. The van der Waals surface area contributed by atoms with Crippen LogP contribution in [0.1, 0.15) is 39.5 Å². The predicted molar refractivity (Wildman–Crippen MR) is 76.2 cm³/mol. The molecule has 0 aliphatic heterocycles. The van der Waals surface area contributed by atoms with E-state index in [1.165, 1.54) is 13.0 Å². The Morgan fingerprint density at radius 1 is 1.12 bits per heavy atom. The number of nitrogens with one attached hydrogen (secondary N) is 2. The Morgan fingerprint density at radius 2 is 1.82 bits per heavy atom. The molecule has 0 saturated carbocycles. The quantitative estimate of drug-likeness (QED) is 0.354. The van der Waals surface area contributed by atoms with E-state index in [0.717, 1.165) is 45.4 Å². The molecule has 0 amide bonds. The highest BCUT2D eigenvalue weighted by atomic mass is 15.1. The normalized spacial score (nSPS) is 13.2. The van der Waals surface area contributed by atoms with Gasteiger partial charge in [0.1, 0.15) is 0 Å². The molecule has 1 unspecified atom stereocenters.